The second kappa shape index (κ2) is 13.9. The number of rotatable bonds is 12. The number of fused-ring (bicyclic) bond motifs is 2. The number of carbonyl (C=O) groups excluding carboxylic acids is 3. The van der Waals surface area contributed by atoms with E-state index in [0.29, 0.717) is 13.2 Å². The topological polar surface area (TPSA) is 167 Å². The number of alkyl carbamates (subject to hydrolysis) is 1. The first-order valence-electron chi connectivity index (χ1n) is 12.9. The summed E-state index contributed by atoms with van der Waals surface area (Å²) in [5.41, 5.74) is 4.62. The predicted molar refractivity (Wildman–Crippen MR) is 139 cm³/mol. The van der Waals surface area contributed by atoms with Crippen LogP contribution in [0.15, 0.2) is 23.7 Å². The molecule has 3 amide bonds. The predicted octanol–water partition coefficient (Wildman–Crippen LogP) is 1.34. The summed E-state index contributed by atoms with van der Waals surface area (Å²) in [7, 11) is 1.30. The molecule has 0 spiro atoms. The lowest BCUT2D eigenvalue weighted by atomic mass is 9.65. The summed E-state index contributed by atoms with van der Waals surface area (Å²) in [4.78, 5) is 36.0. The van der Waals surface area contributed by atoms with E-state index in [-0.39, 0.29) is 47.1 Å². The molecule has 2 aliphatic carbocycles. The Hall–Kier alpha value is -3.24. The van der Waals surface area contributed by atoms with Crippen molar-refractivity contribution in [3.63, 3.8) is 0 Å². The monoisotopic (exact) mass is 522 g/mol. The molecule has 7 N–H and O–H groups in total. The second-order valence-electron chi connectivity index (χ2n) is 10.8. The summed E-state index contributed by atoms with van der Waals surface area (Å²) in [5.74, 6) is 0.948. The molecule has 0 radical (unpaired) electrons. The summed E-state index contributed by atoms with van der Waals surface area (Å²) < 4.78 is 15.6. The van der Waals surface area contributed by atoms with Gasteiger partial charge in [0, 0.05) is 12.2 Å². The van der Waals surface area contributed by atoms with E-state index in [2.05, 4.69) is 20.7 Å². The van der Waals surface area contributed by atoms with E-state index in [1.807, 2.05) is 13.8 Å². The molecular weight excluding hydrogens is 478 g/mol. The lowest BCUT2D eigenvalue weighted by molar-refractivity contribution is -0.122. The number of amides is 3. The van der Waals surface area contributed by atoms with Crippen LogP contribution in [-0.4, -0.2) is 56.2 Å². The minimum absolute atomic E-state index is 0.00566. The summed E-state index contributed by atoms with van der Waals surface area (Å²) in [6.45, 7) is 8.30. The third kappa shape index (κ3) is 9.62. The van der Waals surface area contributed by atoms with Crippen molar-refractivity contribution in [2.75, 3.05) is 20.3 Å². The zero-order valence-electron chi connectivity index (χ0n) is 22.7. The van der Waals surface area contributed by atoms with E-state index in [0.717, 1.165) is 32.1 Å². The molecule has 2 bridgehead atoms. The molecule has 0 heterocycles. The highest BCUT2D eigenvalue weighted by atomic mass is 16.5. The fraction of sp³-hybridized carbons (Fsp3) is 0.692. The van der Waals surface area contributed by atoms with Crippen molar-refractivity contribution in [1.29, 1.82) is 0 Å². The zero-order valence-corrected chi connectivity index (χ0v) is 22.7. The molecule has 11 nitrogen and oxygen atoms in total. The largest absolute Gasteiger partial charge is 0.478 e. The Morgan fingerprint density at radius 3 is 2.32 bits per heavy atom. The van der Waals surface area contributed by atoms with E-state index in [9.17, 15) is 14.4 Å². The first-order chi connectivity index (χ1) is 17.5. The Balaban J connectivity index is 2.17. The second-order valence-corrected chi connectivity index (χ2v) is 10.8. The quantitative estimate of drug-likeness (QED) is 0.146. The summed E-state index contributed by atoms with van der Waals surface area (Å²) in [6.07, 6.45) is 8.08. The highest BCUT2D eigenvalue weighted by Gasteiger charge is 2.41. The van der Waals surface area contributed by atoms with Crippen LogP contribution in [0.5, 0.6) is 0 Å². The number of hydrogen-bond acceptors (Lipinski definition) is 7. The van der Waals surface area contributed by atoms with Gasteiger partial charge in [0.25, 0.3) is 5.91 Å². The van der Waals surface area contributed by atoms with Crippen LogP contribution < -0.4 is 27.1 Å². The van der Waals surface area contributed by atoms with Gasteiger partial charge in [-0.1, -0.05) is 20.3 Å². The number of ether oxygens (including phenoxy) is 3. The summed E-state index contributed by atoms with van der Waals surface area (Å²) in [6, 6.07) is 0.00566. The van der Waals surface area contributed by atoms with Gasteiger partial charge in [-0.2, -0.15) is 0 Å². The fourth-order valence-corrected chi connectivity index (χ4v) is 5.05. The molecule has 0 aromatic rings. The Morgan fingerprint density at radius 2 is 1.78 bits per heavy atom. The highest BCUT2D eigenvalue weighted by Crippen LogP contribution is 2.43. The van der Waals surface area contributed by atoms with Gasteiger partial charge in [0.1, 0.15) is 0 Å². The lowest BCUT2D eigenvalue weighted by Crippen LogP contribution is -2.53. The van der Waals surface area contributed by atoms with E-state index in [1.165, 1.54) is 13.3 Å². The molecule has 0 aliphatic heterocycles. The van der Waals surface area contributed by atoms with Crippen LogP contribution in [-0.2, 0) is 19.0 Å². The standard InChI is InChI=1S/C26H43N5O6/c1-16(2)14-36-23(29-10-9-26(3,4)31-25(34)35-5)20(13-27)22(32)30-21-18-7-6-8-19(21)12-17(11-18)15-37-24(28)33/h9-10,13,16-19,21,27,29H,6-8,11-12,14-15H2,1-5H3,(H2,28,33)(H,30,32)(H,31,34)/p+1/b10-9+,23-20-,27-13?. The van der Waals surface area contributed by atoms with Crippen molar-refractivity contribution >= 4 is 24.3 Å². The number of hydrogen-bond donors (Lipinski definition) is 5. The Labute approximate surface area is 219 Å². The average Bonchev–Trinajstić information content (AvgIpc) is 2.80. The smallest absolute Gasteiger partial charge is 0.407 e. The molecule has 208 valence electrons. The number of nitrogens with one attached hydrogen (secondary N) is 3. The molecule has 0 saturated heterocycles. The molecule has 2 saturated carbocycles. The molecule has 2 fully saturated rings. The van der Waals surface area contributed by atoms with Crippen molar-refractivity contribution in [2.45, 2.75) is 71.4 Å². The van der Waals surface area contributed by atoms with Crippen LogP contribution in [0, 0.1) is 23.7 Å². The van der Waals surface area contributed by atoms with Gasteiger partial charge in [0.05, 0.1) is 25.9 Å². The van der Waals surface area contributed by atoms with Gasteiger partial charge in [-0.25, -0.2) is 9.59 Å². The van der Waals surface area contributed by atoms with Crippen LogP contribution in [0.25, 0.3) is 0 Å². The molecule has 2 unspecified atom stereocenters. The summed E-state index contributed by atoms with van der Waals surface area (Å²) >= 11 is 0. The molecule has 11 heteroatoms. The maximum absolute atomic E-state index is 13.4. The molecule has 37 heavy (non-hydrogen) atoms. The van der Waals surface area contributed by atoms with Gasteiger partial charge in [-0.15, -0.1) is 0 Å². The maximum Gasteiger partial charge on any atom is 0.407 e. The first kappa shape index (κ1) is 30.0. The summed E-state index contributed by atoms with van der Waals surface area (Å²) in [5, 5.41) is 14.8. The third-order valence-electron chi connectivity index (χ3n) is 6.74. The van der Waals surface area contributed by atoms with E-state index >= 15 is 0 Å². The van der Waals surface area contributed by atoms with Crippen LogP contribution in [0.1, 0.15) is 59.8 Å². The molecule has 2 rings (SSSR count). The molecule has 2 atom stereocenters. The van der Waals surface area contributed by atoms with Gasteiger partial charge in [-0.05, 0) is 69.3 Å². The van der Waals surface area contributed by atoms with E-state index in [4.69, 9.17) is 20.6 Å². The number of carbonyl (C=O) groups is 3. The SMILES string of the molecule is COC(=O)NC(C)(C)/C=C/N/C(OCC(C)C)=C(\C=[NH2+])C(=O)NC1C2CCCC1CC(COC(N)=O)C2. The molecule has 0 aromatic carbocycles. The number of primary amides is 1. The minimum Gasteiger partial charge on any atom is -0.478 e. The number of nitrogens with two attached hydrogens (primary N) is 2. The highest BCUT2D eigenvalue weighted by molar-refractivity contribution is 6.11. The van der Waals surface area contributed by atoms with Crippen molar-refractivity contribution < 1.29 is 34.0 Å². The molecule has 2 aliphatic rings. The average molecular weight is 523 g/mol. The van der Waals surface area contributed by atoms with Crippen molar-refractivity contribution in [1.82, 2.24) is 16.0 Å². The van der Waals surface area contributed by atoms with Gasteiger partial charge in [-0.3, -0.25) is 10.2 Å². The van der Waals surface area contributed by atoms with Crippen LogP contribution in [0.4, 0.5) is 9.59 Å². The van der Waals surface area contributed by atoms with E-state index in [1.54, 1.807) is 26.1 Å². The Morgan fingerprint density at radius 1 is 1.14 bits per heavy atom. The maximum atomic E-state index is 13.4. The van der Waals surface area contributed by atoms with Crippen molar-refractivity contribution in [3.8, 4) is 0 Å². The van der Waals surface area contributed by atoms with Crippen LogP contribution >= 0.6 is 0 Å². The third-order valence-corrected chi connectivity index (χ3v) is 6.74. The molecule has 0 aromatic heterocycles. The van der Waals surface area contributed by atoms with Gasteiger partial charge < -0.3 is 35.9 Å². The van der Waals surface area contributed by atoms with E-state index < -0.39 is 17.7 Å². The van der Waals surface area contributed by atoms with Gasteiger partial charge >= 0.3 is 12.2 Å². The fourth-order valence-electron chi connectivity index (χ4n) is 5.05. The van der Waals surface area contributed by atoms with Crippen LogP contribution in [0.3, 0.4) is 0 Å². The number of methoxy groups -OCH3 is 1. The lowest BCUT2D eigenvalue weighted by Gasteiger charge is -2.45. The first-order valence-corrected chi connectivity index (χ1v) is 12.9. The van der Waals surface area contributed by atoms with Gasteiger partial charge in [0.15, 0.2) is 11.8 Å². The molecular formula is C26H44N5O6+. The van der Waals surface area contributed by atoms with Gasteiger partial charge in [0.2, 0.25) is 5.88 Å². The minimum atomic E-state index is -0.756. The van der Waals surface area contributed by atoms with Crippen molar-refractivity contribution in [2.24, 2.45) is 29.4 Å². The zero-order chi connectivity index (χ0) is 27.6. The Kier molecular flexibility index (Phi) is 11.3. The normalized spacial score (nSPS) is 24.1. The van der Waals surface area contributed by atoms with Crippen molar-refractivity contribution in [3.05, 3.63) is 23.7 Å². The Bertz CT molecular complexity index is 871. The van der Waals surface area contributed by atoms with Crippen LogP contribution in [0.2, 0.25) is 0 Å².